The van der Waals surface area contributed by atoms with E-state index in [0.29, 0.717) is 18.5 Å². The monoisotopic (exact) mass is 432 g/mol. The molecule has 5 rings (SSSR count). The second kappa shape index (κ2) is 7.31. The summed E-state index contributed by atoms with van der Waals surface area (Å²) < 4.78 is 0. The zero-order valence-electron chi connectivity index (χ0n) is 16.8. The maximum absolute atomic E-state index is 13.2. The number of hydrogen-bond acceptors (Lipinski definition) is 5. The van der Waals surface area contributed by atoms with E-state index in [0.717, 1.165) is 32.3 Å². The van der Waals surface area contributed by atoms with Gasteiger partial charge in [-0.15, -0.1) is 11.3 Å². The summed E-state index contributed by atoms with van der Waals surface area (Å²) >= 11 is 1.56. The molecule has 1 saturated heterocycles. The van der Waals surface area contributed by atoms with Gasteiger partial charge in [-0.25, -0.2) is 9.78 Å². The molecule has 0 saturated carbocycles. The Morgan fingerprint density at radius 3 is 2.87 bits per heavy atom. The molecule has 2 heterocycles. The van der Waals surface area contributed by atoms with Crippen molar-refractivity contribution in [1.29, 1.82) is 0 Å². The number of amides is 4. The maximum Gasteiger partial charge on any atom is 0.325 e. The number of benzene rings is 2. The highest BCUT2D eigenvalue weighted by molar-refractivity contribution is 7.09. The lowest BCUT2D eigenvalue weighted by Gasteiger charge is -2.22. The quantitative estimate of drug-likeness (QED) is 0.618. The van der Waals surface area contributed by atoms with Crippen molar-refractivity contribution in [3.8, 4) is 11.3 Å². The SMILES string of the molecule is Cc1nc(-c2cccc(NC(=O)CN3C(=O)N[C@]4(CCc5ccccc54)C3=O)c2)cs1. The molecule has 1 atom stereocenters. The van der Waals surface area contributed by atoms with Crippen LogP contribution in [0, 0.1) is 6.92 Å². The van der Waals surface area contributed by atoms with Gasteiger partial charge in [0.15, 0.2) is 0 Å². The first-order valence-electron chi connectivity index (χ1n) is 10.0. The van der Waals surface area contributed by atoms with Crippen LogP contribution in [-0.4, -0.2) is 34.3 Å². The van der Waals surface area contributed by atoms with Gasteiger partial charge < -0.3 is 10.6 Å². The molecule has 156 valence electrons. The van der Waals surface area contributed by atoms with Crippen LogP contribution < -0.4 is 10.6 Å². The standard InChI is InChI=1S/C23H20N4O3S/c1-14-24-19(13-31-14)16-6-4-7-17(11-16)25-20(28)12-27-21(29)23(26-22(27)30)10-9-15-5-2-3-8-18(15)23/h2-8,11,13H,9-10,12H2,1H3,(H,25,28)(H,26,30)/t23-/m0/s1. The number of hydrogen-bond donors (Lipinski definition) is 2. The van der Waals surface area contributed by atoms with Crippen molar-refractivity contribution < 1.29 is 14.4 Å². The number of thiazole rings is 1. The van der Waals surface area contributed by atoms with Crippen molar-refractivity contribution in [3.05, 3.63) is 70.0 Å². The molecule has 2 N–H and O–H groups in total. The second-order valence-electron chi connectivity index (χ2n) is 7.76. The number of carbonyl (C=O) groups is 3. The molecule has 2 aromatic carbocycles. The summed E-state index contributed by atoms with van der Waals surface area (Å²) in [5, 5.41) is 8.55. The first kappa shape index (κ1) is 19.4. The van der Waals surface area contributed by atoms with Gasteiger partial charge in [-0.1, -0.05) is 36.4 Å². The van der Waals surface area contributed by atoms with Crippen LogP contribution in [0.3, 0.4) is 0 Å². The van der Waals surface area contributed by atoms with Crippen molar-refractivity contribution in [3.63, 3.8) is 0 Å². The Morgan fingerprint density at radius 1 is 1.23 bits per heavy atom. The third-order valence-electron chi connectivity index (χ3n) is 5.79. The Morgan fingerprint density at radius 2 is 2.06 bits per heavy atom. The molecular weight excluding hydrogens is 412 g/mol. The number of carbonyl (C=O) groups excluding carboxylic acids is 3. The Balaban J connectivity index is 1.31. The van der Waals surface area contributed by atoms with E-state index in [1.807, 2.05) is 54.8 Å². The van der Waals surface area contributed by atoms with Gasteiger partial charge in [0.1, 0.15) is 12.1 Å². The van der Waals surface area contributed by atoms with Crippen LogP contribution in [0.15, 0.2) is 53.9 Å². The van der Waals surface area contributed by atoms with Gasteiger partial charge in [0.2, 0.25) is 5.91 Å². The third-order valence-corrected chi connectivity index (χ3v) is 6.56. The largest absolute Gasteiger partial charge is 0.325 e. The second-order valence-corrected chi connectivity index (χ2v) is 8.83. The minimum atomic E-state index is -1.06. The molecule has 8 heteroatoms. The van der Waals surface area contributed by atoms with Gasteiger partial charge >= 0.3 is 6.03 Å². The number of urea groups is 1. The van der Waals surface area contributed by atoms with E-state index >= 15 is 0 Å². The first-order valence-corrected chi connectivity index (χ1v) is 10.9. The van der Waals surface area contributed by atoms with E-state index in [2.05, 4.69) is 15.6 Å². The summed E-state index contributed by atoms with van der Waals surface area (Å²) in [5.41, 5.74) is 3.13. The molecule has 3 aromatic rings. The van der Waals surface area contributed by atoms with E-state index in [4.69, 9.17) is 0 Å². The zero-order valence-corrected chi connectivity index (χ0v) is 17.7. The fraction of sp³-hybridized carbons (Fsp3) is 0.217. The molecule has 1 aliphatic carbocycles. The number of fused-ring (bicyclic) bond motifs is 2. The van der Waals surface area contributed by atoms with Gasteiger partial charge in [-0.05, 0) is 43.0 Å². The highest BCUT2D eigenvalue weighted by atomic mass is 32.1. The summed E-state index contributed by atoms with van der Waals surface area (Å²) in [6.45, 7) is 1.60. The summed E-state index contributed by atoms with van der Waals surface area (Å²) in [6.07, 6.45) is 1.22. The predicted octanol–water partition coefficient (Wildman–Crippen LogP) is 3.45. The number of aryl methyl sites for hydroxylation is 2. The smallest absolute Gasteiger partial charge is 0.325 e. The van der Waals surface area contributed by atoms with Crippen molar-refractivity contribution in [2.24, 2.45) is 0 Å². The molecular formula is C23H20N4O3S. The van der Waals surface area contributed by atoms with Crippen molar-refractivity contribution in [2.75, 3.05) is 11.9 Å². The van der Waals surface area contributed by atoms with Gasteiger partial charge in [-0.2, -0.15) is 0 Å². The summed E-state index contributed by atoms with van der Waals surface area (Å²) in [4.78, 5) is 43.9. The minimum Gasteiger partial charge on any atom is -0.325 e. The molecule has 7 nitrogen and oxygen atoms in total. The number of anilines is 1. The summed E-state index contributed by atoms with van der Waals surface area (Å²) in [6, 6.07) is 14.4. The molecule has 0 unspecified atom stereocenters. The maximum atomic E-state index is 13.2. The molecule has 1 aromatic heterocycles. The lowest BCUT2D eigenvalue weighted by atomic mass is 9.92. The Bertz CT molecular complexity index is 1220. The Kier molecular flexibility index (Phi) is 4.59. The van der Waals surface area contributed by atoms with Crippen LogP contribution >= 0.6 is 11.3 Å². The average molecular weight is 433 g/mol. The number of rotatable bonds is 4. The summed E-state index contributed by atoms with van der Waals surface area (Å²) in [7, 11) is 0. The molecule has 1 aliphatic heterocycles. The third kappa shape index (κ3) is 3.29. The lowest BCUT2D eigenvalue weighted by molar-refractivity contribution is -0.134. The first-order chi connectivity index (χ1) is 15.0. The van der Waals surface area contributed by atoms with E-state index in [9.17, 15) is 14.4 Å². The molecule has 1 spiro atoms. The van der Waals surface area contributed by atoms with Crippen LogP contribution in [0.4, 0.5) is 10.5 Å². The Hall–Kier alpha value is -3.52. The number of aromatic nitrogens is 1. The van der Waals surface area contributed by atoms with Crippen LogP contribution in [0.2, 0.25) is 0 Å². The van der Waals surface area contributed by atoms with Crippen molar-refractivity contribution in [2.45, 2.75) is 25.3 Å². The molecule has 31 heavy (non-hydrogen) atoms. The number of imide groups is 1. The number of nitrogens with one attached hydrogen (secondary N) is 2. The highest BCUT2D eigenvalue weighted by Crippen LogP contribution is 2.41. The fourth-order valence-electron chi connectivity index (χ4n) is 4.33. The van der Waals surface area contributed by atoms with Gasteiger partial charge in [0.05, 0.1) is 10.7 Å². The van der Waals surface area contributed by atoms with Gasteiger partial charge in [0.25, 0.3) is 5.91 Å². The predicted molar refractivity (Wildman–Crippen MR) is 118 cm³/mol. The Labute approximate surface area is 183 Å². The van der Waals surface area contributed by atoms with E-state index in [1.54, 1.807) is 17.4 Å². The van der Waals surface area contributed by atoms with Crippen molar-refractivity contribution in [1.82, 2.24) is 15.2 Å². The van der Waals surface area contributed by atoms with Crippen LogP contribution in [0.25, 0.3) is 11.3 Å². The number of nitrogens with zero attached hydrogens (tertiary/aromatic N) is 2. The molecule has 4 amide bonds. The normalized spacial score (nSPS) is 19.6. The highest BCUT2D eigenvalue weighted by Gasteiger charge is 2.55. The van der Waals surface area contributed by atoms with Crippen LogP contribution in [0.5, 0.6) is 0 Å². The molecule has 0 radical (unpaired) electrons. The van der Waals surface area contributed by atoms with Gasteiger partial charge in [-0.3, -0.25) is 14.5 Å². The molecule has 0 bridgehead atoms. The van der Waals surface area contributed by atoms with Crippen molar-refractivity contribution >= 4 is 34.9 Å². The van der Waals surface area contributed by atoms with Crippen LogP contribution in [0.1, 0.15) is 22.6 Å². The van der Waals surface area contributed by atoms with Crippen LogP contribution in [-0.2, 0) is 21.5 Å². The zero-order chi connectivity index (χ0) is 21.6. The average Bonchev–Trinajstić information content (AvgIpc) is 3.42. The van der Waals surface area contributed by atoms with E-state index < -0.39 is 17.5 Å². The van der Waals surface area contributed by atoms with E-state index in [-0.39, 0.29) is 12.5 Å². The minimum absolute atomic E-state index is 0.339. The lowest BCUT2D eigenvalue weighted by Crippen LogP contribution is -2.42. The molecule has 2 aliphatic rings. The van der Waals surface area contributed by atoms with Gasteiger partial charge in [0, 0.05) is 16.6 Å². The fourth-order valence-corrected chi connectivity index (χ4v) is 4.95. The van der Waals surface area contributed by atoms with E-state index in [1.165, 1.54) is 0 Å². The topological polar surface area (TPSA) is 91.4 Å². The summed E-state index contributed by atoms with van der Waals surface area (Å²) in [5.74, 6) is -0.803. The molecule has 1 fully saturated rings.